The third-order valence-corrected chi connectivity index (χ3v) is 8.29. The molecule has 2 aliphatic rings. The first-order valence-corrected chi connectivity index (χ1v) is 15.3. The van der Waals surface area contributed by atoms with E-state index in [-0.39, 0.29) is 23.6 Å². The number of nitrogens with zero attached hydrogens (tertiary/aromatic N) is 5. The molecule has 2 aliphatic heterocycles. The number of aromatic nitrogens is 6. The van der Waals surface area contributed by atoms with E-state index in [1.165, 1.54) is 23.4 Å². The number of hydrogen-bond donors (Lipinski definition) is 5. The monoisotopic (exact) mass is 643 g/mol. The van der Waals surface area contributed by atoms with E-state index in [0.717, 1.165) is 10.6 Å². The number of halogens is 1. The summed E-state index contributed by atoms with van der Waals surface area (Å²) in [4.78, 5) is 49.0. The number of imidazole rings is 1. The second-order valence-corrected chi connectivity index (χ2v) is 12.2. The van der Waals surface area contributed by atoms with Crippen LogP contribution in [-0.2, 0) is 35.1 Å². The number of hydrogen-bond acceptors (Lipinski definition) is 14. The van der Waals surface area contributed by atoms with Crippen LogP contribution in [0.3, 0.4) is 0 Å². The molecule has 9 atom stereocenters. The van der Waals surface area contributed by atoms with Crippen molar-refractivity contribution in [1.29, 1.82) is 0 Å². The zero-order valence-corrected chi connectivity index (χ0v) is 24.0. The summed E-state index contributed by atoms with van der Waals surface area (Å²) < 4.78 is 45.7. The smallest absolute Gasteiger partial charge is 0.330 e. The fourth-order valence-electron chi connectivity index (χ4n) is 4.69. The van der Waals surface area contributed by atoms with Gasteiger partial charge in [-0.25, -0.2) is 24.1 Å². The zero-order chi connectivity index (χ0) is 30.9. The van der Waals surface area contributed by atoms with Crippen LogP contribution in [0.25, 0.3) is 11.2 Å². The van der Waals surface area contributed by atoms with Gasteiger partial charge >= 0.3 is 12.4 Å². The van der Waals surface area contributed by atoms with Crippen LogP contribution in [0, 0.1) is 11.8 Å². The molecule has 0 bridgehead atoms. The largest absolute Gasteiger partial charge is 0.394 e. The normalized spacial score (nSPS) is 30.3. The summed E-state index contributed by atoms with van der Waals surface area (Å²) in [6, 6.07) is 1.09. The second-order valence-electron chi connectivity index (χ2n) is 9.38. The minimum absolute atomic E-state index is 0.0736. The number of alkyl halides is 1. The van der Waals surface area contributed by atoms with Crippen molar-refractivity contribution < 1.29 is 42.8 Å². The summed E-state index contributed by atoms with van der Waals surface area (Å²) in [5, 5.41) is 20.5. The molecule has 17 nitrogen and oxygen atoms in total. The van der Waals surface area contributed by atoms with E-state index >= 15 is 4.39 Å². The third-order valence-electron chi connectivity index (χ3n) is 6.73. The van der Waals surface area contributed by atoms with Crippen molar-refractivity contribution >= 4 is 35.5 Å². The average Bonchev–Trinajstić information content (AvgIpc) is 3.62. The van der Waals surface area contributed by atoms with Gasteiger partial charge in [-0.3, -0.25) is 23.4 Å². The van der Waals surface area contributed by atoms with Crippen LogP contribution in [0.2, 0.25) is 0 Å². The number of rotatable bonds is 10. The first-order chi connectivity index (χ1) is 20.5. The highest BCUT2D eigenvalue weighted by molar-refractivity contribution is 8.07. The Bertz CT molecular complexity index is 1690. The highest BCUT2D eigenvalue weighted by atomic mass is 32.5. The van der Waals surface area contributed by atoms with Crippen LogP contribution >= 0.6 is 6.72 Å². The molecule has 0 aromatic carbocycles. The molecule has 20 heteroatoms. The van der Waals surface area contributed by atoms with E-state index in [4.69, 9.17) is 40.8 Å². The standard InChI is InChI=1S/C23H27FN7O10PS/c1-2-3-6-37-18-17(11(7-32)39-22(18)30-5-4-13(33)29-23(30)35)41-42(36,43)38-8-12-16(34)14(24)21(40-12)31-10-28-15-19(25)26-9-27-20(15)31/h4-5,9-12,14,16-18,21-22,32,34H,6-8H2,1H3,(H,36,43)(H2,25,26,27)(H,29,33,35)/t11-,12-,14+,16?,17?,18+,21-,22-,42?/m1/s1. The molecular formula is C23H27FN7O10PS. The number of nitrogens with one attached hydrogen (secondary N) is 1. The van der Waals surface area contributed by atoms with Crippen LogP contribution in [0.15, 0.2) is 34.5 Å². The molecule has 3 aromatic heterocycles. The Morgan fingerprint density at radius 3 is 2.70 bits per heavy atom. The van der Waals surface area contributed by atoms with Crippen molar-refractivity contribution in [2.45, 2.75) is 56.1 Å². The van der Waals surface area contributed by atoms with Crippen molar-refractivity contribution in [3.05, 3.63) is 45.8 Å². The van der Waals surface area contributed by atoms with Gasteiger partial charge in [0, 0.05) is 12.3 Å². The molecular weight excluding hydrogens is 616 g/mol. The first-order valence-electron chi connectivity index (χ1n) is 12.7. The topological polar surface area (TPSA) is 231 Å². The molecule has 0 aliphatic carbocycles. The predicted molar refractivity (Wildman–Crippen MR) is 147 cm³/mol. The molecule has 43 heavy (non-hydrogen) atoms. The number of nitrogen functional groups attached to an aromatic ring is 1. The Labute approximate surface area is 246 Å². The maximum Gasteiger partial charge on any atom is 0.330 e. The Morgan fingerprint density at radius 2 is 1.98 bits per heavy atom. The lowest BCUT2D eigenvalue weighted by atomic mass is 10.1. The number of H-pyrrole nitrogens is 1. The predicted octanol–water partition coefficient (Wildman–Crippen LogP) is -1.53. The second kappa shape index (κ2) is 12.8. The number of ether oxygens (including phenoxy) is 3. The molecule has 0 amide bonds. The Hall–Kier alpha value is -3.15. The van der Waals surface area contributed by atoms with Gasteiger partial charge < -0.3 is 39.6 Å². The number of aromatic amines is 1. The van der Waals surface area contributed by atoms with Crippen molar-refractivity contribution in [2.24, 2.45) is 0 Å². The quantitative estimate of drug-likeness (QED) is 0.125. The number of fused-ring (bicyclic) bond motifs is 1. The van der Waals surface area contributed by atoms with Crippen LogP contribution in [0.5, 0.6) is 0 Å². The number of anilines is 1. The van der Waals surface area contributed by atoms with E-state index in [1.807, 2.05) is 0 Å². The number of nitrogens with two attached hydrogens (primary N) is 1. The lowest BCUT2D eigenvalue weighted by Crippen LogP contribution is -2.40. The van der Waals surface area contributed by atoms with Crippen LogP contribution in [0.1, 0.15) is 19.4 Å². The lowest BCUT2D eigenvalue weighted by Gasteiger charge is -2.28. The Kier molecular flexibility index (Phi) is 9.34. The zero-order valence-electron chi connectivity index (χ0n) is 22.3. The highest BCUT2D eigenvalue weighted by Gasteiger charge is 2.50. The van der Waals surface area contributed by atoms with Crippen molar-refractivity contribution in [3.63, 3.8) is 0 Å². The van der Waals surface area contributed by atoms with Gasteiger partial charge in [0.1, 0.15) is 49.0 Å². The van der Waals surface area contributed by atoms with Gasteiger partial charge in [0.25, 0.3) is 5.56 Å². The van der Waals surface area contributed by atoms with Crippen molar-refractivity contribution in [3.8, 4) is 11.8 Å². The molecule has 0 spiro atoms. The molecule has 232 valence electrons. The average molecular weight is 644 g/mol. The SMILES string of the molecule is CC#CCO[C@H]1C(OP(O)(=S)OC[C@H]2O[C@@H](n3cnc4c(N)ncnc43)[C@@H](F)C2O)[C@@H](CO)O[C@H]1n1ccc(=O)[nH]c1=O. The maximum atomic E-state index is 15.1. The fourth-order valence-corrected chi connectivity index (χ4v) is 6.13. The minimum atomic E-state index is -4.22. The van der Waals surface area contributed by atoms with Crippen LogP contribution in [-0.4, -0.2) is 101 Å². The Morgan fingerprint density at radius 1 is 1.21 bits per heavy atom. The number of aliphatic hydroxyl groups excluding tert-OH is 2. The van der Waals surface area contributed by atoms with Gasteiger partial charge in [0.2, 0.25) is 0 Å². The fraction of sp³-hybridized carbons (Fsp3) is 0.522. The summed E-state index contributed by atoms with van der Waals surface area (Å²) in [6.45, 7) is -4.02. The van der Waals surface area contributed by atoms with Gasteiger partial charge in [-0.1, -0.05) is 5.92 Å². The summed E-state index contributed by atoms with van der Waals surface area (Å²) in [5.74, 6) is 5.40. The molecule has 3 unspecified atom stereocenters. The van der Waals surface area contributed by atoms with Gasteiger partial charge in [-0.05, 0) is 18.7 Å². The van der Waals surface area contributed by atoms with Gasteiger partial charge in [0.05, 0.1) is 19.5 Å². The van der Waals surface area contributed by atoms with E-state index in [9.17, 15) is 24.7 Å². The van der Waals surface area contributed by atoms with Gasteiger partial charge in [-0.15, -0.1) is 5.92 Å². The number of aliphatic hydroxyl groups is 2. The lowest BCUT2D eigenvalue weighted by molar-refractivity contribution is -0.0678. The summed E-state index contributed by atoms with van der Waals surface area (Å²) in [6.07, 6.45) is -7.59. The summed E-state index contributed by atoms with van der Waals surface area (Å²) in [5.41, 5.74) is 4.71. The highest BCUT2D eigenvalue weighted by Crippen LogP contribution is 2.50. The maximum absolute atomic E-state index is 15.1. The first kappa shape index (κ1) is 31.3. The molecule has 0 radical (unpaired) electrons. The van der Waals surface area contributed by atoms with Gasteiger partial charge in [-0.2, -0.15) is 0 Å². The summed E-state index contributed by atoms with van der Waals surface area (Å²) in [7, 11) is 0. The molecule has 2 saturated heterocycles. The van der Waals surface area contributed by atoms with Crippen LogP contribution in [0.4, 0.5) is 10.2 Å². The van der Waals surface area contributed by atoms with Crippen LogP contribution < -0.4 is 17.0 Å². The molecule has 6 N–H and O–H groups in total. The van der Waals surface area contributed by atoms with Crippen molar-refractivity contribution in [2.75, 3.05) is 25.6 Å². The molecule has 3 aromatic rings. The third kappa shape index (κ3) is 6.39. The summed E-state index contributed by atoms with van der Waals surface area (Å²) >= 11 is 5.17. The van der Waals surface area contributed by atoms with E-state index < -0.39 is 80.3 Å². The molecule has 5 rings (SSSR count). The van der Waals surface area contributed by atoms with Crippen molar-refractivity contribution in [1.82, 2.24) is 29.1 Å². The molecule has 5 heterocycles. The van der Waals surface area contributed by atoms with E-state index in [0.29, 0.717) is 0 Å². The minimum Gasteiger partial charge on any atom is -0.394 e. The van der Waals surface area contributed by atoms with E-state index in [2.05, 4.69) is 31.8 Å². The van der Waals surface area contributed by atoms with Gasteiger partial charge in [0.15, 0.2) is 30.1 Å². The van der Waals surface area contributed by atoms with E-state index in [1.54, 1.807) is 6.92 Å². The molecule has 0 saturated carbocycles. The molecule has 2 fully saturated rings. The Balaban J connectivity index is 1.31.